The van der Waals surface area contributed by atoms with E-state index in [0.717, 1.165) is 29.9 Å². The van der Waals surface area contributed by atoms with Gasteiger partial charge in [0.25, 0.3) is 0 Å². The van der Waals surface area contributed by atoms with Gasteiger partial charge in [-0.3, -0.25) is 4.79 Å². The number of carbonyl (C=O) groups excluding carboxylic acids is 2. The third-order valence-electron chi connectivity index (χ3n) is 4.31. The quantitative estimate of drug-likeness (QED) is 0.290. The van der Waals surface area contributed by atoms with Crippen molar-refractivity contribution in [2.24, 2.45) is 5.92 Å². The molecule has 5 nitrogen and oxygen atoms in total. The predicted octanol–water partition coefficient (Wildman–Crippen LogP) is 4.55. The van der Waals surface area contributed by atoms with E-state index in [1.54, 1.807) is 17.5 Å². The van der Waals surface area contributed by atoms with Crippen molar-refractivity contribution in [2.75, 3.05) is 6.61 Å². The summed E-state index contributed by atoms with van der Waals surface area (Å²) in [5.41, 5.74) is 2.79. The third-order valence-corrected chi connectivity index (χ3v) is 5.22. The molecular formula is C21H24N2O3S. The topological polar surface area (TPSA) is 72.1 Å². The summed E-state index contributed by atoms with van der Waals surface area (Å²) < 4.78 is 7.22. The second kappa shape index (κ2) is 9.33. The lowest BCUT2D eigenvalue weighted by atomic mass is 10.1. The normalized spacial score (nSPS) is 11.5. The van der Waals surface area contributed by atoms with Crippen molar-refractivity contribution >= 4 is 29.2 Å². The predicted molar refractivity (Wildman–Crippen MR) is 107 cm³/mol. The molecule has 0 saturated carbocycles. The van der Waals surface area contributed by atoms with Gasteiger partial charge in [-0.05, 0) is 55.3 Å². The van der Waals surface area contributed by atoms with Gasteiger partial charge in [0, 0.05) is 17.9 Å². The lowest BCUT2D eigenvalue weighted by Crippen LogP contribution is -2.14. The third kappa shape index (κ3) is 5.41. The molecule has 2 aromatic heterocycles. The molecule has 6 heteroatoms. The highest BCUT2D eigenvalue weighted by molar-refractivity contribution is 7.12. The van der Waals surface area contributed by atoms with E-state index in [1.807, 2.05) is 26.0 Å². The van der Waals surface area contributed by atoms with E-state index in [4.69, 9.17) is 4.74 Å². The molecule has 0 fully saturated rings. The van der Waals surface area contributed by atoms with Crippen LogP contribution in [0.3, 0.4) is 0 Å². The number of esters is 1. The SMILES string of the molecule is Cc1cc(/C=C(\C#N)C(=O)OCC(=O)c2cccs2)c(C)n1CCC(C)C. The van der Waals surface area contributed by atoms with E-state index in [9.17, 15) is 14.9 Å². The zero-order valence-electron chi connectivity index (χ0n) is 16.1. The first kappa shape index (κ1) is 20.7. The lowest BCUT2D eigenvalue weighted by Gasteiger charge is -2.11. The van der Waals surface area contributed by atoms with E-state index in [1.165, 1.54) is 17.4 Å². The number of ketones is 1. The van der Waals surface area contributed by atoms with Crippen LogP contribution in [0.2, 0.25) is 0 Å². The molecule has 0 atom stereocenters. The molecule has 0 aliphatic heterocycles. The van der Waals surface area contributed by atoms with Gasteiger partial charge in [0.2, 0.25) is 5.78 Å². The fourth-order valence-electron chi connectivity index (χ4n) is 2.71. The average molecular weight is 385 g/mol. The zero-order chi connectivity index (χ0) is 20.0. The van der Waals surface area contributed by atoms with E-state index < -0.39 is 5.97 Å². The van der Waals surface area contributed by atoms with Gasteiger partial charge in [-0.15, -0.1) is 11.3 Å². The van der Waals surface area contributed by atoms with Crippen LogP contribution in [0.25, 0.3) is 6.08 Å². The van der Waals surface area contributed by atoms with Crippen molar-refractivity contribution in [3.8, 4) is 6.07 Å². The Labute approximate surface area is 163 Å². The van der Waals surface area contributed by atoms with Crippen LogP contribution in [0.15, 0.2) is 29.2 Å². The molecule has 0 aliphatic rings. The number of aryl methyl sites for hydroxylation is 1. The number of carbonyl (C=O) groups is 2. The van der Waals surface area contributed by atoms with Crippen molar-refractivity contribution in [3.05, 3.63) is 51.0 Å². The van der Waals surface area contributed by atoms with Crippen molar-refractivity contribution < 1.29 is 14.3 Å². The smallest absolute Gasteiger partial charge is 0.349 e. The van der Waals surface area contributed by atoms with E-state index in [0.29, 0.717) is 10.8 Å². The first-order chi connectivity index (χ1) is 12.8. The standard InChI is InChI=1S/C21H24N2O3S/c1-14(2)7-8-23-15(3)10-17(16(23)4)11-18(12-22)21(25)26-13-19(24)20-6-5-9-27-20/h5-6,9-11,14H,7-8,13H2,1-4H3/b18-11+. The van der Waals surface area contributed by atoms with Crippen LogP contribution in [0.1, 0.15) is 46.9 Å². The number of rotatable bonds is 8. The Hall–Kier alpha value is -2.65. The monoisotopic (exact) mass is 384 g/mol. The van der Waals surface area contributed by atoms with Gasteiger partial charge < -0.3 is 9.30 Å². The van der Waals surface area contributed by atoms with Crippen molar-refractivity contribution in [3.63, 3.8) is 0 Å². The van der Waals surface area contributed by atoms with Crippen LogP contribution in [0, 0.1) is 31.1 Å². The Bertz CT molecular complexity index is 883. The van der Waals surface area contributed by atoms with Crippen LogP contribution in [-0.2, 0) is 16.1 Å². The van der Waals surface area contributed by atoms with Gasteiger partial charge in [0.15, 0.2) is 6.61 Å². The second-order valence-corrected chi connectivity index (χ2v) is 7.75. The van der Waals surface area contributed by atoms with Crippen LogP contribution in [-0.4, -0.2) is 22.9 Å². The molecule has 2 heterocycles. The molecule has 2 rings (SSSR count). The highest BCUT2D eigenvalue weighted by atomic mass is 32.1. The fourth-order valence-corrected chi connectivity index (χ4v) is 3.37. The number of hydrogen-bond acceptors (Lipinski definition) is 5. The Kier molecular flexibility index (Phi) is 7.14. The second-order valence-electron chi connectivity index (χ2n) is 6.81. The van der Waals surface area contributed by atoms with Crippen LogP contribution in [0.4, 0.5) is 0 Å². The minimum absolute atomic E-state index is 0.113. The Morgan fingerprint density at radius 1 is 1.37 bits per heavy atom. The highest BCUT2D eigenvalue weighted by Crippen LogP contribution is 2.20. The molecule has 142 valence electrons. The summed E-state index contributed by atoms with van der Waals surface area (Å²) in [4.78, 5) is 24.7. The van der Waals surface area contributed by atoms with Crippen molar-refractivity contribution in [1.29, 1.82) is 5.26 Å². The first-order valence-corrected chi connectivity index (χ1v) is 9.73. The van der Waals surface area contributed by atoms with Gasteiger partial charge in [-0.25, -0.2) is 4.79 Å². The molecule has 0 aromatic carbocycles. The first-order valence-electron chi connectivity index (χ1n) is 8.85. The summed E-state index contributed by atoms with van der Waals surface area (Å²) in [6.45, 7) is 8.86. The van der Waals surface area contributed by atoms with Crippen LogP contribution in [0.5, 0.6) is 0 Å². The maximum atomic E-state index is 12.2. The van der Waals surface area contributed by atoms with Gasteiger partial charge in [0.1, 0.15) is 11.6 Å². The van der Waals surface area contributed by atoms with Gasteiger partial charge in [0.05, 0.1) is 4.88 Å². The molecule has 0 bridgehead atoms. The maximum absolute atomic E-state index is 12.2. The minimum atomic E-state index is -0.783. The van der Waals surface area contributed by atoms with Gasteiger partial charge in [-0.2, -0.15) is 5.26 Å². The number of nitriles is 1. The van der Waals surface area contributed by atoms with Crippen molar-refractivity contribution in [1.82, 2.24) is 4.57 Å². The number of thiophene rings is 1. The molecule has 0 amide bonds. The molecule has 0 radical (unpaired) electrons. The van der Waals surface area contributed by atoms with E-state index in [-0.39, 0.29) is 18.0 Å². The average Bonchev–Trinajstić information content (AvgIpc) is 3.25. The fraction of sp³-hybridized carbons (Fsp3) is 0.381. The van der Waals surface area contributed by atoms with Gasteiger partial charge in [-0.1, -0.05) is 19.9 Å². The van der Waals surface area contributed by atoms with E-state index in [2.05, 4.69) is 18.4 Å². The Balaban J connectivity index is 2.11. The molecule has 2 aromatic rings. The van der Waals surface area contributed by atoms with E-state index >= 15 is 0 Å². The number of Topliss-reactive ketones (excluding diaryl/α,β-unsaturated/α-hetero) is 1. The Morgan fingerprint density at radius 3 is 2.70 bits per heavy atom. The molecular weight excluding hydrogens is 360 g/mol. The zero-order valence-corrected chi connectivity index (χ0v) is 16.9. The summed E-state index contributed by atoms with van der Waals surface area (Å²) in [6.07, 6.45) is 2.59. The van der Waals surface area contributed by atoms with Crippen molar-refractivity contribution in [2.45, 2.75) is 40.7 Å². The van der Waals surface area contributed by atoms with Crippen LogP contribution >= 0.6 is 11.3 Å². The molecule has 0 N–H and O–H groups in total. The highest BCUT2D eigenvalue weighted by Gasteiger charge is 2.16. The largest absolute Gasteiger partial charge is 0.453 e. The maximum Gasteiger partial charge on any atom is 0.349 e. The van der Waals surface area contributed by atoms with Gasteiger partial charge >= 0.3 is 5.97 Å². The number of aromatic nitrogens is 1. The minimum Gasteiger partial charge on any atom is -0.453 e. The summed E-state index contributed by atoms with van der Waals surface area (Å²) in [7, 11) is 0. The summed E-state index contributed by atoms with van der Waals surface area (Å²) in [5, 5.41) is 11.1. The molecule has 0 unspecified atom stereocenters. The summed E-state index contributed by atoms with van der Waals surface area (Å²) >= 11 is 1.29. The number of nitrogens with zero attached hydrogens (tertiary/aromatic N) is 2. The lowest BCUT2D eigenvalue weighted by molar-refractivity contribution is -0.137. The molecule has 0 spiro atoms. The Morgan fingerprint density at radius 2 is 2.11 bits per heavy atom. The molecule has 27 heavy (non-hydrogen) atoms. The number of hydrogen-bond donors (Lipinski definition) is 0. The van der Waals surface area contributed by atoms with Crippen LogP contribution < -0.4 is 0 Å². The summed E-state index contributed by atoms with van der Waals surface area (Å²) in [6, 6.07) is 7.27. The molecule has 0 aliphatic carbocycles. The summed E-state index contributed by atoms with van der Waals surface area (Å²) in [5.74, 6) is -0.465. The molecule has 0 saturated heterocycles. The number of ether oxygens (including phenoxy) is 1.